The first-order valence-corrected chi connectivity index (χ1v) is 11.4. The van der Waals surface area contributed by atoms with Gasteiger partial charge in [-0.15, -0.1) is 11.3 Å². The SMILES string of the molecule is O=C1CCC(=O)N1c1ccc(S(=O)(=O)NC[C@@](O)(c2ccoc2)c2cccs2)cc1. The van der Waals surface area contributed by atoms with E-state index >= 15 is 0 Å². The van der Waals surface area contributed by atoms with Crippen LogP contribution in [0.4, 0.5) is 5.69 Å². The summed E-state index contributed by atoms with van der Waals surface area (Å²) in [5.74, 6) is -0.621. The lowest BCUT2D eigenvalue weighted by atomic mass is 9.95. The van der Waals surface area contributed by atoms with Crippen LogP contribution in [0.1, 0.15) is 23.3 Å². The van der Waals surface area contributed by atoms with Gasteiger partial charge in [-0.1, -0.05) is 6.07 Å². The van der Waals surface area contributed by atoms with Gasteiger partial charge in [0.05, 0.1) is 23.1 Å². The molecule has 1 aromatic carbocycles. The second-order valence-electron chi connectivity index (χ2n) is 6.79. The summed E-state index contributed by atoms with van der Waals surface area (Å²) in [5, 5.41) is 13.0. The molecule has 2 N–H and O–H groups in total. The normalized spacial score (nSPS) is 16.8. The van der Waals surface area contributed by atoms with Crippen LogP contribution < -0.4 is 9.62 Å². The Balaban J connectivity index is 1.55. The van der Waals surface area contributed by atoms with Gasteiger partial charge in [-0.2, -0.15) is 0 Å². The quantitative estimate of drug-likeness (QED) is 0.538. The van der Waals surface area contributed by atoms with E-state index in [1.165, 1.54) is 48.1 Å². The van der Waals surface area contributed by atoms with Crippen molar-refractivity contribution in [2.75, 3.05) is 11.4 Å². The molecule has 4 rings (SSSR count). The van der Waals surface area contributed by atoms with Crippen molar-refractivity contribution >= 4 is 38.9 Å². The molecule has 1 fully saturated rings. The number of hydrogen-bond acceptors (Lipinski definition) is 7. The molecule has 0 saturated carbocycles. The maximum Gasteiger partial charge on any atom is 0.240 e. The zero-order valence-electron chi connectivity index (χ0n) is 15.6. The maximum absolute atomic E-state index is 12.8. The van der Waals surface area contributed by atoms with Gasteiger partial charge in [-0.25, -0.2) is 13.1 Å². The van der Waals surface area contributed by atoms with Crippen LogP contribution >= 0.6 is 11.3 Å². The van der Waals surface area contributed by atoms with Crippen molar-refractivity contribution in [3.8, 4) is 0 Å². The highest BCUT2D eigenvalue weighted by Crippen LogP contribution is 2.33. The van der Waals surface area contributed by atoms with E-state index in [-0.39, 0.29) is 36.1 Å². The number of furan rings is 1. The lowest BCUT2D eigenvalue weighted by Gasteiger charge is -2.26. The predicted octanol–water partition coefficient (Wildman–Crippen LogP) is 2.21. The Morgan fingerprint density at radius 3 is 2.37 bits per heavy atom. The topological polar surface area (TPSA) is 117 Å². The molecule has 0 radical (unpaired) electrons. The van der Waals surface area contributed by atoms with Gasteiger partial charge in [0.25, 0.3) is 0 Å². The first-order valence-electron chi connectivity index (χ1n) is 9.06. The molecule has 3 heterocycles. The molecule has 1 atom stereocenters. The number of amides is 2. The van der Waals surface area contributed by atoms with Crippen LogP contribution in [0.2, 0.25) is 0 Å². The molecule has 3 aromatic rings. The molecule has 1 aliphatic rings. The van der Waals surface area contributed by atoms with Crippen LogP contribution in [-0.4, -0.2) is 31.9 Å². The Labute approximate surface area is 176 Å². The van der Waals surface area contributed by atoms with Crippen molar-refractivity contribution in [1.82, 2.24) is 4.72 Å². The fourth-order valence-corrected chi connectivity index (χ4v) is 5.17. The summed E-state index contributed by atoms with van der Waals surface area (Å²) in [4.78, 5) is 25.3. The van der Waals surface area contributed by atoms with Gasteiger partial charge >= 0.3 is 0 Å². The highest BCUT2D eigenvalue weighted by molar-refractivity contribution is 7.89. The summed E-state index contributed by atoms with van der Waals surface area (Å²) in [7, 11) is -3.97. The molecule has 8 nitrogen and oxygen atoms in total. The Morgan fingerprint density at radius 2 is 1.80 bits per heavy atom. The minimum atomic E-state index is -3.97. The van der Waals surface area contributed by atoms with Crippen molar-refractivity contribution in [2.24, 2.45) is 0 Å². The van der Waals surface area contributed by atoms with E-state index in [1.807, 2.05) is 0 Å². The second-order valence-corrected chi connectivity index (χ2v) is 9.51. The van der Waals surface area contributed by atoms with Gasteiger partial charge in [0.1, 0.15) is 5.60 Å². The maximum atomic E-state index is 12.8. The van der Waals surface area contributed by atoms with Crippen molar-refractivity contribution in [3.05, 3.63) is 70.8 Å². The number of nitrogens with one attached hydrogen (secondary N) is 1. The minimum Gasteiger partial charge on any atom is -0.472 e. The zero-order chi connectivity index (χ0) is 21.4. The summed E-state index contributed by atoms with van der Waals surface area (Å²) in [5.41, 5.74) is -0.841. The minimum absolute atomic E-state index is 0.0499. The number of sulfonamides is 1. The standard InChI is InChI=1S/C20H18N2O6S2/c23-18-7-8-19(24)22(18)15-3-5-16(6-4-15)30(26,27)21-13-20(25,14-9-10-28-12-14)17-2-1-11-29-17/h1-6,9-12,21,25H,7-8,13H2/t20-/m1/s1. The van der Waals surface area contributed by atoms with Crippen LogP contribution in [-0.2, 0) is 25.2 Å². The number of aliphatic hydroxyl groups is 1. The molecule has 1 aliphatic heterocycles. The third-order valence-electron chi connectivity index (χ3n) is 4.90. The van der Waals surface area contributed by atoms with Gasteiger partial charge in [0, 0.05) is 29.8 Å². The van der Waals surface area contributed by atoms with E-state index in [0.29, 0.717) is 16.1 Å². The largest absolute Gasteiger partial charge is 0.472 e. The van der Waals surface area contributed by atoms with Gasteiger partial charge in [0.2, 0.25) is 21.8 Å². The fraction of sp³-hybridized carbons (Fsp3) is 0.200. The Morgan fingerprint density at radius 1 is 1.10 bits per heavy atom. The summed E-state index contributed by atoms with van der Waals surface area (Å²) >= 11 is 1.30. The number of rotatable bonds is 7. The van der Waals surface area contributed by atoms with E-state index in [0.717, 1.165) is 4.90 Å². The fourth-order valence-electron chi connectivity index (χ4n) is 3.27. The van der Waals surface area contributed by atoms with E-state index in [4.69, 9.17) is 4.42 Å². The number of carbonyl (C=O) groups excluding carboxylic acids is 2. The van der Waals surface area contributed by atoms with Crippen molar-refractivity contribution in [3.63, 3.8) is 0 Å². The van der Waals surface area contributed by atoms with E-state index in [2.05, 4.69) is 4.72 Å². The van der Waals surface area contributed by atoms with Gasteiger partial charge in [-0.05, 0) is 41.8 Å². The third kappa shape index (κ3) is 3.70. The van der Waals surface area contributed by atoms with Crippen LogP contribution in [0, 0.1) is 0 Å². The molecule has 0 unspecified atom stereocenters. The third-order valence-corrected chi connectivity index (χ3v) is 7.34. The Hall–Kier alpha value is -2.79. The molecule has 0 bridgehead atoms. The number of anilines is 1. The molecule has 0 aliphatic carbocycles. The smallest absolute Gasteiger partial charge is 0.240 e. The monoisotopic (exact) mass is 446 g/mol. The summed E-state index contributed by atoms with van der Waals surface area (Å²) in [6.45, 7) is -0.305. The first-order chi connectivity index (χ1) is 14.3. The first kappa shape index (κ1) is 20.5. The van der Waals surface area contributed by atoms with Crippen LogP contribution in [0.5, 0.6) is 0 Å². The summed E-state index contributed by atoms with van der Waals surface area (Å²) in [6, 6.07) is 10.5. The summed E-state index contributed by atoms with van der Waals surface area (Å²) < 4.78 is 33.1. The lowest BCUT2D eigenvalue weighted by Crippen LogP contribution is -2.40. The molecule has 30 heavy (non-hydrogen) atoms. The summed E-state index contributed by atoms with van der Waals surface area (Å²) in [6.07, 6.45) is 3.07. The van der Waals surface area contributed by atoms with E-state index in [9.17, 15) is 23.1 Å². The molecule has 10 heteroatoms. The number of carbonyl (C=O) groups is 2. The van der Waals surface area contributed by atoms with Crippen molar-refractivity contribution in [1.29, 1.82) is 0 Å². The molecule has 2 amide bonds. The van der Waals surface area contributed by atoms with Crippen LogP contribution in [0.15, 0.2) is 69.7 Å². The molecule has 1 saturated heterocycles. The molecule has 156 valence electrons. The number of benzene rings is 1. The number of imide groups is 1. The van der Waals surface area contributed by atoms with Gasteiger partial charge in [-0.3, -0.25) is 14.5 Å². The van der Waals surface area contributed by atoms with Crippen molar-refractivity contribution in [2.45, 2.75) is 23.3 Å². The van der Waals surface area contributed by atoms with Crippen LogP contribution in [0.3, 0.4) is 0 Å². The highest BCUT2D eigenvalue weighted by atomic mass is 32.2. The lowest BCUT2D eigenvalue weighted by molar-refractivity contribution is -0.121. The Kier molecular flexibility index (Phi) is 5.33. The second kappa shape index (κ2) is 7.80. The average molecular weight is 447 g/mol. The van der Waals surface area contributed by atoms with Gasteiger partial charge < -0.3 is 9.52 Å². The van der Waals surface area contributed by atoms with Crippen LogP contribution in [0.25, 0.3) is 0 Å². The Bertz CT molecular complexity index is 1100. The van der Waals surface area contributed by atoms with Gasteiger partial charge in [0.15, 0.2) is 0 Å². The number of nitrogens with zero attached hydrogens (tertiary/aromatic N) is 1. The zero-order valence-corrected chi connectivity index (χ0v) is 17.3. The molecule has 0 spiro atoms. The molecular formula is C20H18N2O6S2. The molecule has 2 aromatic heterocycles. The highest BCUT2D eigenvalue weighted by Gasteiger charge is 2.35. The molecular weight excluding hydrogens is 428 g/mol. The predicted molar refractivity (Wildman–Crippen MR) is 109 cm³/mol. The van der Waals surface area contributed by atoms with E-state index < -0.39 is 15.6 Å². The number of thiophene rings is 1. The van der Waals surface area contributed by atoms with Crippen molar-refractivity contribution < 1.29 is 27.5 Å². The average Bonchev–Trinajstić information content (AvgIpc) is 3.50. The number of hydrogen-bond donors (Lipinski definition) is 2. The van der Waals surface area contributed by atoms with E-state index in [1.54, 1.807) is 23.6 Å².